The third-order valence-electron chi connectivity index (χ3n) is 3.70. The topological polar surface area (TPSA) is 79.8 Å². The molecule has 0 atom stereocenters. The number of non-ortho nitro benzene ring substituents is 1. The van der Waals surface area contributed by atoms with E-state index in [0.29, 0.717) is 21.8 Å². The van der Waals surface area contributed by atoms with Gasteiger partial charge in [0, 0.05) is 23.1 Å². The highest BCUT2D eigenvalue weighted by Gasteiger charge is 2.12. The minimum absolute atomic E-state index is 0.0167. The minimum Gasteiger partial charge on any atom is -0.258 e. The molecule has 3 rings (SSSR count). The van der Waals surface area contributed by atoms with E-state index in [9.17, 15) is 15.4 Å². The summed E-state index contributed by atoms with van der Waals surface area (Å²) in [5, 5.41) is 22.8. The Hall–Kier alpha value is -3.30. The van der Waals surface area contributed by atoms with Crippen LogP contribution in [0.5, 0.6) is 0 Å². The van der Waals surface area contributed by atoms with Gasteiger partial charge in [-0.05, 0) is 24.1 Å². The van der Waals surface area contributed by atoms with Crippen LogP contribution in [0.1, 0.15) is 16.1 Å². The molecule has 0 saturated carbocycles. The van der Waals surface area contributed by atoms with E-state index >= 15 is 0 Å². The Morgan fingerprint density at radius 2 is 2.08 bits per heavy atom. The van der Waals surface area contributed by atoms with E-state index in [1.165, 1.54) is 23.5 Å². The third kappa shape index (κ3) is 3.62. The monoisotopic (exact) mass is 347 g/mol. The maximum Gasteiger partial charge on any atom is 0.270 e. The number of nitro groups is 1. The molecule has 0 bridgehead atoms. The van der Waals surface area contributed by atoms with E-state index in [1.807, 2.05) is 37.3 Å². The average molecular weight is 347 g/mol. The average Bonchev–Trinajstić information content (AvgIpc) is 3.11. The lowest BCUT2D eigenvalue weighted by Gasteiger charge is -2.00. The molecule has 0 saturated heterocycles. The number of nitro benzene ring substituents is 1. The Labute approximate surface area is 148 Å². The van der Waals surface area contributed by atoms with Gasteiger partial charge < -0.3 is 0 Å². The predicted molar refractivity (Wildman–Crippen MR) is 98.9 cm³/mol. The van der Waals surface area contributed by atoms with Crippen LogP contribution in [0.4, 0.5) is 5.69 Å². The van der Waals surface area contributed by atoms with Gasteiger partial charge in [-0.15, -0.1) is 11.3 Å². The molecule has 0 unspecified atom stereocenters. The highest BCUT2D eigenvalue weighted by molar-refractivity contribution is 7.11. The van der Waals surface area contributed by atoms with Gasteiger partial charge in [-0.1, -0.05) is 36.4 Å². The number of rotatable bonds is 4. The molecule has 1 heterocycles. The van der Waals surface area contributed by atoms with Gasteiger partial charge in [0.1, 0.15) is 11.1 Å². The van der Waals surface area contributed by atoms with Crippen molar-refractivity contribution >= 4 is 28.7 Å². The van der Waals surface area contributed by atoms with Crippen LogP contribution < -0.4 is 0 Å². The van der Waals surface area contributed by atoms with Crippen molar-refractivity contribution in [1.29, 1.82) is 5.26 Å². The van der Waals surface area contributed by atoms with Crippen LogP contribution >= 0.6 is 11.3 Å². The molecule has 1 aromatic heterocycles. The van der Waals surface area contributed by atoms with E-state index in [4.69, 9.17) is 0 Å². The summed E-state index contributed by atoms with van der Waals surface area (Å²) < 4.78 is 0. The molecule has 122 valence electrons. The molecule has 5 nitrogen and oxygen atoms in total. The maximum absolute atomic E-state index is 10.9. The summed E-state index contributed by atoms with van der Waals surface area (Å²) in [5.41, 5.74) is 3.80. The van der Waals surface area contributed by atoms with Gasteiger partial charge in [-0.3, -0.25) is 10.1 Å². The van der Waals surface area contributed by atoms with Crippen LogP contribution in [0.3, 0.4) is 0 Å². The van der Waals surface area contributed by atoms with Crippen LogP contribution in [-0.2, 0) is 0 Å². The van der Waals surface area contributed by atoms with Gasteiger partial charge in [-0.25, -0.2) is 4.98 Å². The smallest absolute Gasteiger partial charge is 0.258 e. The number of thiazole rings is 1. The Morgan fingerprint density at radius 1 is 1.28 bits per heavy atom. The van der Waals surface area contributed by atoms with Crippen molar-refractivity contribution in [2.45, 2.75) is 6.92 Å². The van der Waals surface area contributed by atoms with Crippen molar-refractivity contribution in [3.05, 3.63) is 80.2 Å². The summed E-state index contributed by atoms with van der Waals surface area (Å²) >= 11 is 1.34. The Morgan fingerprint density at radius 3 is 2.80 bits per heavy atom. The maximum atomic E-state index is 10.9. The van der Waals surface area contributed by atoms with Gasteiger partial charge in [-0.2, -0.15) is 5.26 Å². The van der Waals surface area contributed by atoms with Crippen molar-refractivity contribution in [2.24, 2.45) is 0 Å². The highest BCUT2D eigenvalue weighted by atomic mass is 32.1. The molecule has 0 N–H and O–H groups in total. The van der Waals surface area contributed by atoms with Crippen LogP contribution in [0, 0.1) is 28.4 Å². The molecular weight excluding hydrogens is 334 g/mol. The second-order valence-electron chi connectivity index (χ2n) is 5.37. The van der Waals surface area contributed by atoms with E-state index in [2.05, 4.69) is 11.1 Å². The molecule has 0 amide bonds. The number of hydrogen-bond acceptors (Lipinski definition) is 5. The first-order valence-corrected chi connectivity index (χ1v) is 8.34. The molecular formula is C19H13N3O2S. The molecule has 0 aliphatic rings. The fraction of sp³-hybridized carbons (Fsp3) is 0.0526. The summed E-state index contributed by atoms with van der Waals surface area (Å²) in [6, 6.07) is 16.3. The first-order valence-electron chi connectivity index (χ1n) is 7.46. The molecule has 0 fully saturated rings. The van der Waals surface area contributed by atoms with Crippen LogP contribution in [-0.4, -0.2) is 9.91 Å². The second kappa shape index (κ2) is 7.07. The molecule has 3 aromatic rings. The summed E-state index contributed by atoms with van der Waals surface area (Å²) in [6.45, 7) is 1.98. The third-order valence-corrected chi connectivity index (χ3v) is 4.57. The van der Waals surface area contributed by atoms with Gasteiger partial charge in [0.2, 0.25) is 0 Å². The standard InChI is InChI=1S/C19H13N3O2S/c1-13-5-2-3-6-14(13)9-16(11-20)19-21-18(12-25-19)15-7-4-8-17(10-15)22(23)24/h2-10,12H,1H3/b16-9-. The van der Waals surface area contributed by atoms with Crippen molar-refractivity contribution in [3.63, 3.8) is 0 Å². The lowest BCUT2D eigenvalue weighted by molar-refractivity contribution is -0.384. The predicted octanol–water partition coefficient (Wildman–Crippen LogP) is 5.09. The zero-order chi connectivity index (χ0) is 17.8. The zero-order valence-corrected chi connectivity index (χ0v) is 14.2. The summed E-state index contributed by atoms with van der Waals surface area (Å²) in [5.74, 6) is 0. The normalized spacial score (nSPS) is 11.1. The van der Waals surface area contributed by atoms with Crippen molar-refractivity contribution in [1.82, 2.24) is 4.98 Å². The first-order chi connectivity index (χ1) is 12.1. The Bertz CT molecular complexity index is 1020. The fourth-order valence-electron chi connectivity index (χ4n) is 2.35. The van der Waals surface area contributed by atoms with Crippen LogP contribution in [0.25, 0.3) is 22.9 Å². The van der Waals surface area contributed by atoms with Crippen molar-refractivity contribution in [2.75, 3.05) is 0 Å². The summed E-state index contributed by atoms with van der Waals surface area (Å²) in [4.78, 5) is 15.0. The van der Waals surface area contributed by atoms with E-state index in [1.54, 1.807) is 17.5 Å². The molecule has 0 aliphatic carbocycles. The number of benzene rings is 2. The van der Waals surface area contributed by atoms with Crippen molar-refractivity contribution < 1.29 is 4.92 Å². The van der Waals surface area contributed by atoms with Crippen LogP contribution in [0.15, 0.2) is 53.9 Å². The first kappa shape index (κ1) is 16.6. The highest BCUT2D eigenvalue weighted by Crippen LogP contribution is 2.29. The molecule has 25 heavy (non-hydrogen) atoms. The van der Waals surface area contributed by atoms with E-state index in [-0.39, 0.29) is 5.69 Å². The Kier molecular flexibility index (Phi) is 4.68. The van der Waals surface area contributed by atoms with E-state index < -0.39 is 4.92 Å². The lowest BCUT2D eigenvalue weighted by atomic mass is 10.1. The molecule has 0 aliphatic heterocycles. The molecule has 2 aromatic carbocycles. The van der Waals surface area contributed by atoms with Gasteiger partial charge in [0.05, 0.1) is 16.2 Å². The summed E-state index contributed by atoms with van der Waals surface area (Å²) in [7, 11) is 0. The van der Waals surface area contributed by atoms with Gasteiger partial charge in [0.25, 0.3) is 5.69 Å². The molecule has 6 heteroatoms. The SMILES string of the molecule is Cc1ccccc1/C=C(/C#N)c1nc(-c2cccc([N+](=O)[O-])c2)cs1. The zero-order valence-electron chi connectivity index (χ0n) is 13.3. The molecule has 0 radical (unpaired) electrons. The number of nitriles is 1. The quantitative estimate of drug-likeness (QED) is 0.374. The van der Waals surface area contributed by atoms with E-state index in [0.717, 1.165) is 11.1 Å². The molecule has 0 spiro atoms. The minimum atomic E-state index is -0.435. The fourth-order valence-corrected chi connectivity index (χ4v) is 3.15. The Balaban J connectivity index is 1.98. The number of allylic oxidation sites excluding steroid dienone is 1. The second-order valence-corrected chi connectivity index (χ2v) is 6.23. The van der Waals surface area contributed by atoms with Crippen LogP contribution in [0.2, 0.25) is 0 Å². The van der Waals surface area contributed by atoms with Crippen molar-refractivity contribution in [3.8, 4) is 17.3 Å². The number of aryl methyl sites for hydroxylation is 1. The van der Waals surface area contributed by atoms with Gasteiger partial charge >= 0.3 is 0 Å². The largest absolute Gasteiger partial charge is 0.270 e. The number of aromatic nitrogens is 1. The number of hydrogen-bond donors (Lipinski definition) is 0. The summed E-state index contributed by atoms with van der Waals surface area (Å²) in [6.07, 6.45) is 1.81. The lowest BCUT2D eigenvalue weighted by Crippen LogP contribution is -1.88. The van der Waals surface area contributed by atoms with Gasteiger partial charge in [0.15, 0.2) is 0 Å². The number of nitrogens with zero attached hydrogens (tertiary/aromatic N) is 3.